The fourth-order valence-corrected chi connectivity index (χ4v) is 1.48. The third-order valence-corrected chi connectivity index (χ3v) is 3.08. The van der Waals surface area contributed by atoms with Gasteiger partial charge in [0.05, 0.1) is 0 Å². The zero-order valence-electron chi connectivity index (χ0n) is 11.9. The zero-order valence-corrected chi connectivity index (χ0v) is 11.9. The number of likely N-dealkylation sites (N-methyl/N-ethyl adjacent to an activating group) is 2. The molecule has 1 unspecified atom stereocenters. The monoisotopic (exact) mass is 259 g/mol. The minimum atomic E-state index is -0.977. The molecule has 0 saturated carbocycles. The van der Waals surface area contributed by atoms with Gasteiger partial charge in [0.2, 0.25) is 0 Å². The van der Waals surface area contributed by atoms with E-state index in [1.807, 2.05) is 7.05 Å². The minimum Gasteiger partial charge on any atom is -0.480 e. The van der Waals surface area contributed by atoms with E-state index >= 15 is 0 Å². The molecule has 18 heavy (non-hydrogen) atoms. The van der Waals surface area contributed by atoms with Gasteiger partial charge in [0.1, 0.15) is 6.04 Å². The number of rotatable bonds is 7. The van der Waals surface area contributed by atoms with Crippen LogP contribution in [0.25, 0.3) is 0 Å². The van der Waals surface area contributed by atoms with Crippen molar-refractivity contribution in [1.82, 2.24) is 15.1 Å². The molecule has 0 aromatic heterocycles. The molecule has 0 aliphatic rings. The van der Waals surface area contributed by atoms with E-state index in [1.165, 1.54) is 11.9 Å². The van der Waals surface area contributed by atoms with Crippen molar-refractivity contribution in [2.24, 2.45) is 0 Å². The standard InChI is InChI=1S/C12H25N3O3/c1-6-10(11(16)17)15(5)12(18)13-7-8-14(4)9(2)3/h9-10H,6-8H2,1-5H3,(H,13,18)(H,16,17). The van der Waals surface area contributed by atoms with Crippen molar-refractivity contribution >= 4 is 12.0 Å². The highest BCUT2D eigenvalue weighted by molar-refractivity contribution is 5.82. The van der Waals surface area contributed by atoms with Crippen molar-refractivity contribution < 1.29 is 14.7 Å². The summed E-state index contributed by atoms with van der Waals surface area (Å²) >= 11 is 0. The van der Waals surface area contributed by atoms with E-state index in [4.69, 9.17) is 5.11 Å². The van der Waals surface area contributed by atoms with E-state index in [2.05, 4.69) is 24.1 Å². The predicted molar refractivity (Wildman–Crippen MR) is 70.6 cm³/mol. The lowest BCUT2D eigenvalue weighted by Gasteiger charge is -2.25. The topological polar surface area (TPSA) is 72.9 Å². The number of carbonyl (C=O) groups excluding carboxylic acids is 1. The largest absolute Gasteiger partial charge is 0.480 e. The molecule has 2 amide bonds. The summed E-state index contributed by atoms with van der Waals surface area (Å²) in [5, 5.41) is 11.7. The van der Waals surface area contributed by atoms with Crippen LogP contribution in [-0.4, -0.2) is 66.2 Å². The highest BCUT2D eigenvalue weighted by Crippen LogP contribution is 2.02. The predicted octanol–water partition coefficient (Wildman–Crippen LogP) is 0.831. The number of carboxylic acid groups (broad SMARTS) is 1. The highest BCUT2D eigenvalue weighted by atomic mass is 16.4. The lowest BCUT2D eigenvalue weighted by atomic mass is 10.2. The van der Waals surface area contributed by atoms with Gasteiger partial charge >= 0.3 is 12.0 Å². The van der Waals surface area contributed by atoms with Gasteiger partial charge in [-0.1, -0.05) is 6.92 Å². The van der Waals surface area contributed by atoms with Crippen LogP contribution in [0.3, 0.4) is 0 Å². The Morgan fingerprint density at radius 3 is 2.22 bits per heavy atom. The molecule has 0 aromatic rings. The molecule has 0 aliphatic carbocycles. The van der Waals surface area contributed by atoms with E-state index in [9.17, 15) is 9.59 Å². The number of hydrogen-bond acceptors (Lipinski definition) is 3. The quantitative estimate of drug-likeness (QED) is 0.710. The van der Waals surface area contributed by atoms with Crippen LogP contribution in [0, 0.1) is 0 Å². The van der Waals surface area contributed by atoms with E-state index in [-0.39, 0.29) is 6.03 Å². The first-order valence-electron chi connectivity index (χ1n) is 6.24. The number of nitrogens with one attached hydrogen (secondary N) is 1. The summed E-state index contributed by atoms with van der Waals surface area (Å²) in [7, 11) is 3.48. The Hall–Kier alpha value is -1.30. The molecule has 2 N–H and O–H groups in total. The number of carbonyl (C=O) groups is 2. The summed E-state index contributed by atoms with van der Waals surface area (Å²) in [5.74, 6) is -0.977. The van der Waals surface area contributed by atoms with Crippen LogP contribution in [0.4, 0.5) is 4.79 Å². The number of aliphatic carboxylic acids is 1. The van der Waals surface area contributed by atoms with Gasteiger partial charge in [-0.25, -0.2) is 9.59 Å². The zero-order chi connectivity index (χ0) is 14.3. The molecule has 0 spiro atoms. The molecule has 0 aliphatic heterocycles. The Morgan fingerprint density at radius 2 is 1.83 bits per heavy atom. The fourth-order valence-electron chi connectivity index (χ4n) is 1.48. The molecule has 0 bridgehead atoms. The molecule has 0 heterocycles. The van der Waals surface area contributed by atoms with Gasteiger partial charge in [0.15, 0.2) is 0 Å². The molecule has 6 nitrogen and oxygen atoms in total. The molecule has 0 radical (unpaired) electrons. The number of urea groups is 1. The lowest BCUT2D eigenvalue weighted by molar-refractivity contribution is -0.141. The van der Waals surface area contributed by atoms with Crippen LogP contribution in [0.15, 0.2) is 0 Å². The molecular weight excluding hydrogens is 234 g/mol. The molecular formula is C12H25N3O3. The Bertz CT molecular complexity index is 282. The molecule has 0 aromatic carbocycles. The molecule has 0 rings (SSSR count). The van der Waals surface area contributed by atoms with Crippen LogP contribution >= 0.6 is 0 Å². The average molecular weight is 259 g/mol. The summed E-state index contributed by atoms with van der Waals surface area (Å²) in [6.07, 6.45) is 0.394. The minimum absolute atomic E-state index is 0.346. The van der Waals surface area contributed by atoms with E-state index in [0.29, 0.717) is 19.0 Å². The average Bonchev–Trinajstić information content (AvgIpc) is 2.28. The molecule has 0 fully saturated rings. The smallest absolute Gasteiger partial charge is 0.326 e. The highest BCUT2D eigenvalue weighted by Gasteiger charge is 2.24. The Kier molecular flexibility index (Phi) is 7.35. The summed E-state index contributed by atoms with van der Waals surface area (Å²) in [6.45, 7) is 7.14. The second kappa shape index (κ2) is 7.92. The van der Waals surface area contributed by atoms with Gasteiger partial charge in [-0.15, -0.1) is 0 Å². The SMILES string of the molecule is CCC(C(=O)O)N(C)C(=O)NCCN(C)C(C)C. The van der Waals surface area contributed by atoms with Crippen LogP contribution in [-0.2, 0) is 4.79 Å². The number of amides is 2. The van der Waals surface area contributed by atoms with E-state index < -0.39 is 12.0 Å². The number of nitrogens with zero attached hydrogens (tertiary/aromatic N) is 2. The third-order valence-electron chi connectivity index (χ3n) is 3.08. The van der Waals surface area contributed by atoms with Crippen LogP contribution < -0.4 is 5.32 Å². The van der Waals surface area contributed by atoms with Crippen molar-refractivity contribution in [2.45, 2.75) is 39.3 Å². The second-order valence-corrected chi connectivity index (χ2v) is 4.68. The van der Waals surface area contributed by atoms with Gasteiger partial charge in [-0.05, 0) is 27.3 Å². The molecule has 1 atom stereocenters. The maximum Gasteiger partial charge on any atom is 0.326 e. The van der Waals surface area contributed by atoms with Crippen molar-refractivity contribution in [3.8, 4) is 0 Å². The van der Waals surface area contributed by atoms with E-state index in [1.54, 1.807) is 6.92 Å². The number of hydrogen-bond donors (Lipinski definition) is 2. The summed E-state index contributed by atoms with van der Waals surface area (Å²) in [5.41, 5.74) is 0. The molecule has 6 heteroatoms. The summed E-state index contributed by atoms with van der Waals surface area (Å²) < 4.78 is 0. The summed E-state index contributed by atoms with van der Waals surface area (Å²) in [6, 6.07) is -0.698. The Labute approximate surface area is 109 Å². The third kappa shape index (κ3) is 5.35. The Morgan fingerprint density at radius 1 is 1.28 bits per heavy atom. The summed E-state index contributed by atoms with van der Waals surface area (Å²) in [4.78, 5) is 26.0. The lowest BCUT2D eigenvalue weighted by Crippen LogP contribution is -2.48. The normalized spacial score (nSPS) is 12.6. The van der Waals surface area contributed by atoms with Crippen LogP contribution in [0.5, 0.6) is 0 Å². The first-order valence-corrected chi connectivity index (χ1v) is 6.24. The first kappa shape index (κ1) is 16.7. The van der Waals surface area contributed by atoms with Gasteiger partial charge in [-0.2, -0.15) is 0 Å². The van der Waals surface area contributed by atoms with Gasteiger partial charge in [0.25, 0.3) is 0 Å². The maximum absolute atomic E-state index is 11.7. The van der Waals surface area contributed by atoms with Gasteiger partial charge in [-0.3, -0.25) is 0 Å². The van der Waals surface area contributed by atoms with Crippen molar-refractivity contribution in [2.75, 3.05) is 27.2 Å². The van der Waals surface area contributed by atoms with E-state index in [0.717, 1.165) is 6.54 Å². The van der Waals surface area contributed by atoms with Crippen molar-refractivity contribution in [1.29, 1.82) is 0 Å². The molecule has 106 valence electrons. The van der Waals surface area contributed by atoms with Crippen molar-refractivity contribution in [3.63, 3.8) is 0 Å². The van der Waals surface area contributed by atoms with Crippen molar-refractivity contribution in [3.05, 3.63) is 0 Å². The maximum atomic E-state index is 11.7. The first-order chi connectivity index (χ1) is 8.31. The second-order valence-electron chi connectivity index (χ2n) is 4.68. The van der Waals surface area contributed by atoms with Crippen LogP contribution in [0.2, 0.25) is 0 Å². The Balaban J connectivity index is 4.13. The fraction of sp³-hybridized carbons (Fsp3) is 0.833. The number of carboxylic acids is 1. The van der Waals surface area contributed by atoms with Gasteiger partial charge in [0, 0.05) is 26.2 Å². The van der Waals surface area contributed by atoms with Gasteiger partial charge < -0.3 is 20.2 Å². The molecule has 0 saturated heterocycles. The van der Waals surface area contributed by atoms with Crippen LogP contribution in [0.1, 0.15) is 27.2 Å².